The fourth-order valence-electron chi connectivity index (χ4n) is 3.58. The lowest BCUT2D eigenvalue weighted by molar-refractivity contribution is -0.141. The van der Waals surface area contributed by atoms with Crippen LogP contribution < -0.4 is 0 Å². The number of aromatic nitrogens is 1. The van der Waals surface area contributed by atoms with Crippen molar-refractivity contribution >= 4 is 45.0 Å². The molecule has 1 saturated heterocycles. The number of aliphatic carboxylic acids is 1. The molecule has 1 fully saturated rings. The maximum absolute atomic E-state index is 13.6. The van der Waals surface area contributed by atoms with Crippen LogP contribution in [-0.4, -0.2) is 46.4 Å². The van der Waals surface area contributed by atoms with Gasteiger partial charge in [-0.05, 0) is 17.7 Å². The van der Waals surface area contributed by atoms with Crippen LogP contribution in [0.2, 0.25) is 0 Å². The lowest BCUT2D eigenvalue weighted by Crippen LogP contribution is -2.35. The van der Waals surface area contributed by atoms with Crippen molar-refractivity contribution in [2.75, 3.05) is 13.7 Å². The number of aliphatic imine (C=N–C) groups is 1. The number of amidine groups is 1. The molecule has 7 nitrogen and oxygen atoms in total. The third-order valence-corrected chi connectivity index (χ3v) is 6.35. The number of esters is 1. The highest BCUT2D eigenvalue weighted by atomic mass is 79.9. The quantitative estimate of drug-likeness (QED) is 0.675. The van der Waals surface area contributed by atoms with Crippen LogP contribution in [0.1, 0.15) is 23.0 Å². The van der Waals surface area contributed by atoms with E-state index in [0.29, 0.717) is 26.6 Å². The smallest absolute Gasteiger partial charge is 0.338 e. The average molecular weight is 480 g/mol. The van der Waals surface area contributed by atoms with Gasteiger partial charge in [0.15, 0.2) is 10.8 Å². The van der Waals surface area contributed by atoms with Crippen molar-refractivity contribution in [1.82, 2.24) is 9.88 Å². The monoisotopic (exact) mass is 479 g/mol. The van der Waals surface area contributed by atoms with E-state index in [0.717, 1.165) is 0 Å². The first-order valence-electron chi connectivity index (χ1n) is 8.65. The topological polar surface area (TPSA) is 92.1 Å². The molecule has 10 heteroatoms. The maximum atomic E-state index is 13.6. The summed E-state index contributed by atoms with van der Waals surface area (Å²) in [5.41, 5.74) is 1.38. The molecule has 0 unspecified atom stereocenters. The Morgan fingerprint density at radius 2 is 2.21 bits per heavy atom. The van der Waals surface area contributed by atoms with Crippen molar-refractivity contribution in [3.63, 3.8) is 0 Å². The minimum absolute atomic E-state index is 0.166. The van der Waals surface area contributed by atoms with Crippen LogP contribution in [0.5, 0.6) is 0 Å². The summed E-state index contributed by atoms with van der Waals surface area (Å²) in [6.07, 6.45) is 1.80. The summed E-state index contributed by atoms with van der Waals surface area (Å²) >= 11 is 4.72. The van der Waals surface area contributed by atoms with Crippen molar-refractivity contribution in [3.8, 4) is 0 Å². The Morgan fingerprint density at radius 3 is 2.83 bits per heavy atom. The summed E-state index contributed by atoms with van der Waals surface area (Å²) in [5.74, 6) is -2.17. The van der Waals surface area contributed by atoms with Gasteiger partial charge in [0, 0.05) is 34.7 Å². The molecular weight excluding hydrogens is 465 g/mol. The van der Waals surface area contributed by atoms with E-state index in [2.05, 4.69) is 20.9 Å². The maximum Gasteiger partial charge on any atom is 0.338 e. The molecule has 1 N–H and O–H groups in total. The molecule has 1 aromatic carbocycles. The molecule has 150 valence electrons. The predicted octanol–water partition coefficient (Wildman–Crippen LogP) is 3.38. The fourth-order valence-corrected chi connectivity index (χ4v) is 4.79. The Bertz CT molecular complexity index is 1050. The van der Waals surface area contributed by atoms with E-state index in [1.807, 2.05) is 0 Å². The number of carbonyl (C=O) groups excluding carboxylic acids is 1. The number of carbonyl (C=O) groups is 2. The number of allylic oxidation sites excluding steroid dienone is 1. The number of halogens is 2. The van der Waals surface area contributed by atoms with E-state index in [1.165, 1.54) is 30.6 Å². The largest absolute Gasteiger partial charge is 0.481 e. The van der Waals surface area contributed by atoms with Gasteiger partial charge in [-0.15, -0.1) is 11.3 Å². The second-order valence-corrected chi connectivity index (χ2v) is 8.31. The van der Waals surface area contributed by atoms with E-state index in [4.69, 9.17) is 9.73 Å². The van der Waals surface area contributed by atoms with Crippen molar-refractivity contribution in [3.05, 3.63) is 61.9 Å². The van der Waals surface area contributed by atoms with E-state index in [9.17, 15) is 19.1 Å². The first-order chi connectivity index (χ1) is 13.9. The molecule has 1 aromatic heterocycles. The standard InChI is InChI=1S/C19H15BrFN3O4S/c1-28-19(27)14-13-6-9(18(25)26)8-24(13)16(17-22-4-5-29-17)23-15(14)11-3-2-10(21)7-12(11)20/h2-5,7,9,15H,6,8H2,1H3,(H,25,26)/t9-,15-/m1/s1. The molecule has 0 spiro atoms. The molecular formula is C19H15BrFN3O4S. The SMILES string of the molecule is COC(=O)C1=C2C[C@@H](C(=O)O)CN2C(c2nccs2)=N[C@@H]1c1ccc(F)cc1Br. The van der Waals surface area contributed by atoms with Gasteiger partial charge in [0.2, 0.25) is 0 Å². The van der Waals surface area contributed by atoms with Gasteiger partial charge in [0.25, 0.3) is 0 Å². The Hall–Kier alpha value is -2.59. The summed E-state index contributed by atoms with van der Waals surface area (Å²) < 4.78 is 19.1. The highest BCUT2D eigenvalue weighted by molar-refractivity contribution is 9.10. The molecule has 2 aliphatic heterocycles. The van der Waals surface area contributed by atoms with Crippen LogP contribution in [-0.2, 0) is 14.3 Å². The second kappa shape index (κ2) is 7.68. The molecule has 29 heavy (non-hydrogen) atoms. The van der Waals surface area contributed by atoms with Gasteiger partial charge in [-0.2, -0.15) is 0 Å². The zero-order valence-corrected chi connectivity index (χ0v) is 17.5. The Labute approximate surface area is 177 Å². The average Bonchev–Trinajstić information content (AvgIpc) is 3.36. The van der Waals surface area contributed by atoms with E-state index in [-0.39, 0.29) is 18.5 Å². The summed E-state index contributed by atoms with van der Waals surface area (Å²) in [4.78, 5) is 35.2. The molecule has 2 aromatic rings. The van der Waals surface area contributed by atoms with Gasteiger partial charge < -0.3 is 14.7 Å². The molecule has 3 heterocycles. The minimum Gasteiger partial charge on any atom is -0.481 e. The van der Waals surface area contributed by atoms with E-state index in [1.54, 1.807) is 22.5 Å². The van der Waals surface area contributed by atoms with Gasteiger partial charge in [-0.3, -0.25) is 9.79 Å². The Kier molecular flexibility index (Phi) is 5.22. The van der Waals surface area contributed by atoms with E-state index >= 15 is 0 Å². The third-order valence-electron chi connectivity index (χ3n) is 4.90. The van der Waals surface area contributed by atoms with Gasteiger partial charge in [-0.1, -0.05) is 22.0 Å². The van der Waals surface area contributed by atoms with Crippen molar-refractivity contribution < 1.29 is 23.8 Å². The summed E-state index contributed by atoms with van der Waals surface area (Å²) in [6.45, 7) is 0.181. The molecule has 2 aliphatic rings. The van der Waals surface area contributed by atoms with Crippen molar-refractivity contribution in [2.45, 2.75) is 12.5 Å². The second-order valence-electron chi connectivity index (χ2n) is 6.56. The van der Waals surface area contributed by atoms with Crippen LogP contribution in [0.25, 0.3) is 0 Å². The molecule has 0 saturated carbocycles. The number of nitrogens with zero attached hydrogens (tertiary/aromatic N) is 3. The summed E-state index contributed by atoms with van der Waals surface area (Å²) in [6, 6.07) is 3.36. The van der Waals surface area contributed by atoms with Crippen molar-refractivity contribution in [1.29, 1.82) is 0 Å². The first kappa shape index (κ1) is 19.7. The lowest BCUT2D eigenvalue weighted by atomic mass is 9.94. The number of thiazole rings is 1. The lowest BCUT2D eigenvalue weighted by Gasteiger charge is -2.31. The van der Waals surface area contributed by atoms with Crippen LogP contribution in [0.15, 0.2) is 50.5 Å². The molecule has 2 atom stereocenters. The molecule has 0 amide bonds. The zero-order chi connectivity index (χ0) is 20.7. The number of benzene rings is 1. The van der Waals surface area contributed by atoms with Gasteiger partial charge >= 0.3 is 11.9 Å². The summed E-state index contributed by atoms with van der Waals surface area (Å²) in [5, 5.41) is 12.0. The normalized spacial score (nSPS) is 21.1. The van der Waals surface area contributed by atoms with Gasteiger partial charge in [-0.25, -0.2) is 14.2 Å². The zero-order valence-electron chi connectivity index (χ0n) is 15.1. The first-order valence-corrected chi connectivity index (χ1v) is 10.3. The molecule has 4 rings (SSSR count). The number of carboxylic acids is 1. The third kappa shape index (κ3) is 3.46. The number of fused-ring (bicyclic) bond motifs is 1. The highest BCUT2D eigenvalue weighted by Gasteiger charge is 2.44. The van der Waals surface area contributed by atoms with Crippen LogP contribution in [0, 0.1) is 11.7 Å². The molecule has 0 radical (unpaired) electrons. The number of hydrogen-bond donors (Lipinski definition) is 1. The Morgan fingerprint density at radius 1 is 1.41 bits per heavy atom. The number of methoxy groups -OCH3 is 1. The van der Waals surface area contributed by atoms with Crippen LogP contribution in [0.4, 0.5) is 4.39 Å². The number of ether oxygens (including phenoxy) is 1. The Balaban J connectivity index is 1.93. The fraction of sp³-hybridized carbons (Fsp3) is 0.263. The predicted molar refractivity (Wildman–Crippen MR) is 107 cm³/mol. The number of hydrogen-bond acceptors (Lipinski definition) is 7. The van der Waals surface area contributed by atoms with Crippen LogP contribution >= 0.6 is 27.3 Å². The summed E-state index contributed by atoms with van der Waals surface area (Å²) in [7, 11) is 1.26. The van der Waals surface area contributed by atoms with E-state index < -0.39 is 29.7 Å². The van der Waals surface area contributed by atoms with Crippen LogP contribution in [0.3, 0.4) is 0 Å². The van der Waals surface area contributed by atoms with Crippen molar-refractivity contribution in [2.24, 2.45) is 10.9 Å². The molecule has 0 aliphatic carbocycles. The number of carboxylic acid groups (broad SMARTS) is 1. The number of rotatable bonds is 4. The minimum atomic E-state index is -0.950. The van der Waals surface area contributed by atoms with Gasteiger partial charge in [0.1, 0.15) is 11.9 Å². The van der Waals surface area contributed by atoms with Gasteiger partial charge in [0.05, 0.1) is 18.6 Å². The molecule has 0 bridgehead atoms. The highest BCUT2D eigenvalue weighted by Crippen LogP contribution is 2.43.